The van der Waals surface area contributed by atoms with Crippen molar-refractivity contribution >= 4 is 23.2 Å². The van der Waals surface area contributed by atoms with Gasteiger partial charge in [0.25, 0.3) is 5.91 Å². The standard InChI is InChI=1S/C18H17N7O4/c1-29-13-7-5-12(6-8-13)10-20-16-15(25(27)28)17(22-11-21-16)23-24-18(26)14-4-2-3-9-19-14/h2-9,11H,10H2,1H3,(H,24,26)(H2,20,21,22,23). The molecule has 11 heteroatoms. The van der Waals surface area contributed by atoms with Crippen molar-refractivity contribution in [1.82, 2.24) is 20.4 Å². The Morgan fingerprint density at radius 2 is 1.86 bits per heavy atom. The Morgan fingerprint density at radius 3 is 2.52 bits per heavy atom. The van der Waals surface area contributed by atoms with Crippen molar-refractivity contribution in [2.45, 2.75) is 6.54 Å². The lowest BCUT2D eigenvalue weighted by atomic mass is 10.2. The van der Waals surface area contributed by atoms with Crippen LogP contribution in [0.1, 0.15) is 16.1 Å². The average Bonchev–Trinajstić information content (AvgIpc) is 2.76. The molecule has 0 fully saturated rings. The van der Waals surface area contributed by atoms with Gasteiger partial charge < -0.3 is 10.1 Å². The number of methoxy groups -OCH3 is 1. The molecule has 0 aliphatic heterocycles. The highest BCUT2D eigenvalue weighted by molar-refractivity contribution is 5.93. The minimum Gasteiger partial charge on any atom is -0.497 e. The van der Waals surface area contributed by atoms with Crippen LogP contribution in [0.2, 0.25) is 0 Å². The van der Waals surface area contributed by atoms with E-state index in [4.69, 9.17) is 4.74 Å². The number of benzene rings is 1. The number of aromatic nitrogens is 3. The van der Waals surface area contributed by atoms with Crippen molar-refractivity contribution in [1.29, 1.82) is 0 Å². The first kappa shape index (κ1) is 19.5. The van der Waals surface area contributed by atoms with E-state index in [1.54, 1.807) is 31.4 Å². The summed E-state index contributed by atoms with van der Waals surface area (Å²) < 4.78 is 5.10. The van der Waals surface area contributed by atoms with Crippen molar-refractivity contribution in [3.8, 4) is 5.75 Å². The van der Waals surface area contributed by atoms with Gasteiger partial charge in [-0.3, -0.25) is 30.7 Å². The molecule has 0 bridgehead atoms. The van der Waals surface area contributed by atoms with Crippen LogP contribution in [0.4, 0.5) is 17.3 Å². The van der Waals surface area contributed by atoms with Crippen molar-refractivity contribution < 1.29 is 14.5 Å². The van der Waals surface area contributed by atoms with Crippen LogP contribution in [-0.4, -0.2) is 32.9 Å². The summed E-state index contributed by atoms with van der Waals surface area (Å²) in [7, 11) is 1.57. The summed E-state index contributed by atoms with van der Waals surface area (Å²) in [5.74, 6) is -0.00920. The van der Waals surface area contributed by atoms with Gasteiger partial charge in [-0.1, -0.05) is 18.2 Å². The third-order valence-electron chi connectivity index (χ3n) is 3.82. The topological polar surface area (TPSA) is 144 Å². The molecule has 0 aliphatic carbocycles. The summed E-state index contributed by atoms with van der Waals surface area (Å²) in [6.45, 7) is 0.293. The van der Waals surface area contributed by atoms with E-state index in [1.165, 1.54) is 12.3 Å². The molecule has 1 amide bonds. The van der Waals surface area contributed by atoms with Gasteiger partial charge in [-0.25, -0.2) is 9.97 Å². The number of amides is 1. The first-order chi connectivity index (χ1) is 14.1. The summed E-state index contributed by atoms with van der Waals surface area (Å²) in [6, 6.07) is 12.0. The second-order valence-electron chi connectivity index (χ2n) is 5.67. The molecular weight excluding hydrogens is 378 g/mol. The molecule has 0 spiro atoms. The fourth-order valence-corrected chi connectivity index (χ4v) is 2.38. The van der Waals surface area contributed by atoms with Gasteiger partial charge in [0, 0.05) is 12.7 Å². The molecule has 0 aliphatic rings. The molecule has 2 heterocycles. The van der Waals surface area contributed by atoms with Gasteiger partial charge in [-0.15, -0.1) is 0 Å². The second kappa shape index (κ2) is 9.08. The predicted molar refractivity (Wildman–Crippen MR) is 104 cm³/mol. The van der Waals surface area contributed by atoms with Crippen LogP contribution in [-0.2, 0) is 6.54 Å². The number of pyridine rings is 1. The van der Waals surface area contributed by atoms with Crippen molar-refractivity contribution in [2.75, 3.05) is 17.9 Å². The number of carbonyl (C=O) groups is 1. The Labute approximate surface area is 165 Å². The minimum absolute atomic E-state index is 0.00963. The Kier molecular flexibility index (Phi) is 6.10. The molecule has 3 aromatic rings. The maximum absolute atomic E-state index is 12.1. The molecule has 1 aromatic carbocycles. The first-order valence-electron chi connectivity index (χ1n) is 8.42. The third kappa shape index (κ3) is 4.91. The van der Waals surface area contributed by atoms with E-state index < -0.39 is 16.5 Å². The first-order valence-corrected chi connectivity index (χ1v) is 8.42. The van der Waals surface area contributed by atoms with Crippen LogP contribution < -0.4 is 20.9 Å². The summed E-state index contributed by atoms with van der Waals surface area (Å²) in [5, 5.41) is 14.5. The molecule has 2 aromatic heterocycles. The van der Waals surface area contributed by atoms with Gasteiger partial charge in [0.1, 0.15) is 17.8 Å². The van der Waals surface area contributed by atoms with E-state index in [2.05, 4.69) is 31.1 Å². The van der Waals surface area contributed by atoms with Gasteiger partial charge in [0.05, 0.1) is 12.0 Å². The maximum atomic E-state index is 12.1. The van der Waals surface area contributed by atoms with Crippen molar-refractivity contribution in [3.05, 3.63) is 76.4 Å². The second-order valence-corrected chi connectivity index (χ2v) is 5.67. The molecule has 0 atom stereocenters. The van der Waals surface area contributed by atoms with Crippen LogP contribution in [0.15, 0.2) is 55.0 Å². The number of hydrogen-bond acceptors (Lipinski definition) is 9. The normalized spacial score (nSPS) is 10.1. The molecule has 0 saturated carbocycles. The zero-order chi connectivity index (χ0) is 20.6. The van der Waals surface area contributed by atoms with Crippen molar-refractivity contribution in [2.24, 2.45) is 0 Å². The number of nitrogens with zero attached hydrogens (tertiary/aromatic N) is 4. The predicted octanol–water partition coefficient (Wildman–Crippen LogP) is 2.16. The SMILES string of the molecule is COc1ccc(CNc2ncnc(NNC(=O)c3ccccn3)c2[N+](=O)[O-])cc1. The number of hydrazine groups is 1. The Hall–Kier alpha value is -4.28. The van der Waals surface area contributed by atoms with Crippen LogP contribution in [0.5, 0.6) is 5.75 Å². The van der Waals surface area contributed by atoms with Gasteiger partial charge >= 0.3 is 5.69 Å². The van der Waals surface area contributed by atoms with Gasteiger partial charge in [-0.05, 0) is 29.8 Å². The Bertz CT molecular complexity index is 997. The molecule has 148 valence electrons. The number of nitrogens with one attached hydrogen (secondary N) is 3. The van der Waals surface area contributed by atoms with E-state index >= 15 is 0 Å². The van der Waals surface area contributed by atoms with Crippen LogP contribution in [0.25, 0.3) is 0 Å². The third-order valence-corrected chi connectivity index (χ3v) is 3.82. The fourth-order valence-electron chi connectivity index (χ4n) is 2.38. The Balaban J connectivity index is 1.73. The quantitative estimate of drug-likeness (QED) is 0.386. The number of ether oxygens (including phenoxy) is 1. The highest BCUT2D eigenvalue weighted by Crippen LogP contribution is 2.28. The summed E-state index contributed by atoms with van der Waals surface area (Å²) >= 11 is 0. The molecule has 0 saturated heterocycles. The lowest BCUT2D eigenvalue weighted by Crippen LogP contribution is -2.31. The van der Waals surface area contributed by atoms with Gasteiger partial charge in [-0.2, -0.15) is 0 Å². The Morgan fingerprint density at radius 1 is 1.10 bits per heavy atom. The maximum Gasteiger partial charge on any atom is 0.354 e. The number of anilines is 2. The van der Waals surface area contributed by atoms with E-state index in [9.17, 15) is 14.9 Å². The van der Waals surface area contributed by atoms with Gasteiger partial charge in [0.15, 0.2) is 0 Å². The lowest BCUT2D eigenvalue weighted by Gasteiger charge is -2.11. The molecule has 0 radical (unpaired) electrons. The van der Waals surface area contributed by atoms with Gasteiger partial charge in [0.2, 0.25) is 11.6 Å². The zero-order valence-electron chi connectivity index (χ0n) is 15.3. The zero-order valence-corrected chi connectivity index (χ0v) is 15.3. The lowest BCUT2D eigenvalue weighted by molar-refractivity contribution is -0.383. The largest absolute Gasteiger partial charge is 0.497 e. The van der Waals surface area contributed by atoms with E-state index in [0.29, 0.717) is 12.3 Å². The molecule has 3 N–H and O–H groups in total. The fraction of sp³-hybridized carbons (Fsp3) is 0.111. The number of nitro groups is 1. The molecular formula is C18H17N7O4. The van der Waals surface area contributed by atoms with E-state index in [0.717, 1.165) is 11.9 Å². The van der Waals surface area contributed by atoms with Crippen LogP contribution >= 0.6 is 0 Å². The number of hydrogen-bond donors (Lipinski definition) is 3. The minimum atomic E-state index is -0.633. The number of rotatable bonds is 8. The smallest absolute Gasteiger partial charge is 0.354 e. The monoisotopic (exact) mass is 395 g/mol. The molecule has 11 nitrogen and oxygen atoms in total. The number of carbonyl (C=O) groups excluding carboxylic acids is 1. The van der Waals surface area contributed by atoms with Crippen LogP contribution in [0, 0.1) is 10.1 Å². The van der Waals surface area contributed by atoms with Crippen LogP contribution in [0.3, 0.4) is 0 Å². The summed E-state index contributed by atoms with van der Waals surface area (Å²) in [5.41, 5.74) is 5.41. The molecule has 3 rings (SSSR count). The average molecular weight is 395 g/mol. The molecule has 0 unspecified atom stereocenters. The van der Waals surface area contributed by atoms with E-state index in [-0.39, 0.29) is 17.3 Å². The highest BCUT2D eigenvalue weighted by atomic mass is 16.6. The summed E-state index contributed by atoms with van der Waals surface area (Å²) in [4.78, 5) is 34.7. The van der Waals surface area contributed by atoms with Crippen molar-refractivity contribution in [3.63, 3.8) is 0 Å². The highest BCUT2D eigenvalue weighted by Gasteiger charge is 2.23. The summed E-state index contributed by atoms with van der Waals surface area (Å²) in [6.07, 6.45) is 2.61. The van der Waals surface area contributed by atoms with E-state index in [1.807, 2.05) is 12.1 Å². The molecule has 29 heavy (non-hydrogen) atoms.